The number of aromatic nitrogens is 6. The summed E-state index contributed by atoms with van der Waals surface area (Å²) in [6.45, 7) is 5.91. The Balaban J connectivity index is 0.000000168. The van der Waals surface area contributed by atoms with Gasteiger partial charge in [-0.05, 0) is 37.1 Å². The molecule has 4 aromatic rings. The van der Waals surface area contributed by atoms with Gasteiger partial charge in [0.25, 0.3) is 0 Å². The van der Waals surface area contributed by atoms with Crippen molar-refractivity contribution < 1.29 is 18.9 Å². The summed E-state index contributed by atoms with van der Waals surface area (Å²) in [5.74, 6) is -1.92. The van der Waals surface area contributed by atoms with Crippen LogP contribution in [-0.4, -0.2) is 55.0 Å². The van der Waals surface area contributed by atoms with Gasteiger partial charge in [-0.25, -0.2) is 19.3 Å². The van der Waals surface area contributed by atoms with Gasteiger partial charge in [-0.1, -0.05) is 72.4 Å². The number of ether oxygens (including phenoxy) is 4. The molecule has 0 radical (unpaired) electrons. The average molecular weight is 656 g/mol. The molecule has 14 heteroatoms. The Labute approximate surface area is 263 Å². The normalized spacial score (nSPS) is 25.4. The molecule has 0 saturated carbocycles. The smallest absolute Gasteiger partial charge is 0.217 e. The van der Waals surface area contributed by atoms with Gasteiger partial charge in [0.05, 0.1) is 35.5 Å². The zero-order valence-corrected chi connectivity index (χ0v) is 26.0. The van der Waals surface area contributed by atoms with Crippen LogP contribution < -0.4 is 0 Å². The second-order valence-electron chi connectivity index (χ2n) is 9.86. The van der Waals surface area contributed by atoms with Crippen molar-refractivity contribution in [3.63, 3.8) is 0 Å². The van der Waals surface area contributed by atoms with E-state index in [0.717, 1.165) is 24.0 Å². The Hall–Kier alpha value is -2.28. The summed E-state index contributed by atoms with van der Waals surface area (Å²) in [4.78, 5) is 7.90. The Morgan fingerprint density at radius 2 is 1.14 bits per heavy atom. The minimum atomic E-state index is -0.962. The van der Waals surface area contributed by atoms with E-state index in [1.165, 1.54) is 12.7 Å². The molecule has 2 saturated heterocycles. The maximum atomic E-state index is 6.34. The SMILES string of the molecule is CCC1COC(Cn2cncn2)(c2ccc(Cl)cc2Cl)O1.CCC1COC(Cn2cncn2)(c2ccc(Cl)cc2Cl)O1. The molecule has 0 aliphatic carbocycles. The van der Waals surface area contributed by atoms with Crippen LogP contribution in [0.5, 0.6) is 0 Å². The van der Waals surface area contributed by atoms with Gasteiger partial charge in [-0.3, -0.25) is 0 Å². The van der Waals surface area contributed by atoms with E-state index < -0.39 is 11.6 Å². The van der Waals surface area contributed by atoms with Gasteiger partial charge < -0.3 is 18.9 Å². The summed E-state index contributed by atoms with van der Waals surface area (Å²) >= 11 is 24.6. The van der Waals surface area contributed by atoms with Gasteiger partial charge >= 0.3 is 0 Å². The van der Waals surface area contributed by atoms with Crippen LogP contribution in [0.4, 0.5) is 0 Å². The first kappa shape index (κ1) is 31.2. The van der Waals surface area contributed by atoms with E-state index in [-0.39, 0.29) is 12.2 Å². The molecule has 2 aromatic heterocycles. The minimum Gasteiger partial charge on any atom is -0.342 e. The van der Waals surface area contributed by atoms with E-state index in [9.17, 15) is 0 Å². The van der Waals surface area contributed by atoms with E-state index in [4.69, 9.17) is 65.4 Å². The zero-order chi connectivity index (χ0) is 29.7. The molecule has 0 spiro atoms. The van der Waals surface area contributed by atoms with Crippen molar-refractivity contribution in [1.29, 1.82) is 0 Å². The molecule has 2 aliphatic heterocycles. The lowest BCUT2D eigenvalue weighted by Crippen LogP contribution is -2.34. The first-order valence-corrected chi connectivity index (χ1v) is 15.0. The topological polar surface area (TPSA) is 98.3 Å². The van der Waals surface area contributed by atoms with Gasteiger partial charge in [-0.2, -0.15) is 10.2 Å². The fraction of sp³-hybridized carbons (Fsp3) is 0.429. The van der Waals surface area contributed by atoms with Crippen LogP contribution in [0.15, 0.2) is 61.7 Å². The first-order chi connectivity index (χ1) is 20.3. The fourth-order valence-electron chi connectivity index (χ4n) is 4.80. The zero-order valence-electron chi connectivity index (χ0n) is 23.0. The van der Waals surface area contributed by atoms with Crippen molar-refractivity contribution in [2.24, 2.45) is 0 Å². The molecule has 4 atom stereocenters. The van der Waals surface area contributed by atoms with Crippen LogP contribution in [0.2, 0.25) is 20.1 Å². The summed E-state index contributed by atoms with van der Waals surface area (Å²) in [7, 11) is 0. The van der Waals surface area contributed by atoms with Crippen LogP contribution in [0.3, 0.4) is 0 Å². The molecule has 6 rings (SSSR count). The lowest BCUT2D eigenvalue weighted by molar-refractivity contribution is -0.189. The lowest BCUT2D eigenvalue weighted by atomic mass is 10.1. The number of nitrogens with zero attached hydrogens (tertiary/aromatic N) is 6. The maximum Gasteiger partial charge on any atom is 0.217 e. The van der Waals surface area contributed by atoms with Crippen LogP contribution >= 0.6 is 46.4 Å². The van der Waals surface area contributed by atoms with Crippen molar-refractivity contribution in [1.82, 2.24) is 29.5 Å². The number of benzene rings is 2. The molecule has 0 bridgehead atoms. The molecular formula is C28H30Cl4N6O4. The number of hydrogen-bond acceptors (Lipinski definition) is 8. The molecule has 2 fully saturated rings. The van der Waals surface area contributed by atoms with Crippen molar-refractivity contribution in [2.75, 3.05) is 13.2 Å². The second-order valence-corrected chi connectivity index (χ2v) is 11.5. The molecule has 224 valence electrons. The van der Waals surface area contributed by atoms with E-state index in [1.54, 1.807) is 46.3 Å². The highest BCUT2D eigenvalue weighted by Crippen LogP contribution is 2.42. The van der Waals surface area contributed by atoms with Crippen LogP contribution in [0, 0.1) is 0 Å². The lowest BCUT2D eigenvalue weighted by Gasteiger charge is -2.29. The standard InChI is InChI=1S/2C14H15Cl2N3O2/c2*1-2-11-6-20-14(21-11,7-19-9-17-8-18-19)12-4-3-10(15)5-13(12)16/h2*3-5,8-9,11H,2,6-7H2,1H3. The first-order valence-electron chi connectivity index (χ1n) is 13.4. The monoisotopic (exact) mass is 654 g/mol. The Morgan fingerprint density at radius 1 is 0.714 bits per heavy atom. The predicted molar refractivity (Wildman–Crippen MR) is 159 cm³/mol. The fourth-order valence-corrected chi connectivity index (χ4v) is 5.91. The molecule has 10 nitrogen and oxygen atoms in total. The molecule has 0 N–H and O–H groups in total. The molecule has 0 amide bonds. The molecular weight excluding hydrogens is 626 g/mol. The average Bonchev–Trinajstić information content (AvgIpc) is 3.78. The Kier molecular flexibility index (Phi) is 10.1. The van der Waals surface area contributed by atoms with E-state index in [2.05, 4.69) is 34.0 Å². The summed E-state index contributed by atoms with van der Waals surface area (Å²) in [6, 6.07) is 10.6. The minimum absolute atomic E-state index is 0.0280. The van der Waals surface area contributed by atoms with E-state index >= 15 is 0 Å². The van der Waals surface area contributed by atoms with E-state index in [0.29, 0.717) is 46.4 Å². The maximum absolute atomic E-state index is 6.34. The van der Waals surface area contributed by atoms with Crippen molar-refractivity contribution >= 4 is 46.4 Å². The third-order valence-corrected chi connectivity index (χ3v) is 8.08. The van der Waals surface area contributed by atoms with Crippen LogP contribution in [0.25, 0.3) is 0 Å². The van der Waals surface area contributed by atoms with Crippen molar-refractivity contribution in [3.8, 4) is 0 Å². The van der Waals surface area contributed by atoms with Crippen molar-refractivity contribution in [3.05, 3.63) is 92.9 Å². The largest absolute Gasteiger partial charge is 0.342 e. The second kappa shape index (κ2) is 13.6. The molecule has 4 unspecified atom stereocenters. The van der Waals surface area contributed by atoms with Crippen LogP contribution in [-0.2, 0) is 43.6 Å². The van der Waals surface area contributed by atoms with Gasteiger partial charge in [-0.15, -0.1) is 0 Å². The summed E-state index contributed by atoms with van der Waals surface area (Å²) in [5.41, 5.74) is 1.50. The summed E-state index contributed by atoms with van der Waals surface area (Å²) < 4.78 is 27.6. The van der Waals surface area contributed by atoms with Gasteiger partial charge in [0.15, 0.2) is 0 Å². The predicted octanol–water partition coefficient (Wildman–Crippen LogP) is 6.53. The highest BCUT2D eigenvalue weighted by atomic mass is 35.5. The third kappa shape index (κ3) is 6.92. The van der Waals surface area contributed by atoms with Gasteiger partial charge in [0.2, 0.25) is 11.6 Å². The highest BCUT2D eigenvalue weighted by Gasteiger charge is 2.46. The highest BCUT2D eigenvalue weighted by molar-refractivity contribution is 6.35. The summed E-state index contributed by atoms with van der Waals surface area (Å²) in [5, 5.41) is 10.4. The Morgan fingerprint density at radius 3 is 1.45 bits per heavy atom. The van der Waals surface area contributed by atoms with Crippen molar-refractivity contribution in [2.45, 2.75) is 63.6 Å². The number of rotatable bonds is 8. The number of halogens is 4. The Bertz CT molecular complexity index is 1350. The molecule has 2 aliphatic rings. The van der Waals surface area contributed by atoms with Gasteiger partial charge in [0.1, 0.15) is 38.4 Å². The van der Waals surface area contributed by atoms with Crippen LogP contribution in [0.1, 0.15) is 37.8 Å². The number of hydrogen-bond donors (Lipinski definition) is 0. The van der Waals surface area contributed by atoms with Gasteiger partial charge in [0, 0.05) is 21.2 Å². The third-order valence-electron chi connectivity index (χ3n) is 6.99. The van der Waals surface area contributed by atoms with E-state index in [1.807, 2.05) is 12.1 Å². The molecule has 2 aromatic carbocycles. The quantitative estimate of drug-likeness (QED) is 0.211. The summed E-state index contributed by atoms with van der Waals surface area (Å²) in [6.07, 6.45) is 7.98. The molecule has 4 heterocycles. The molecule has 42 heavy (non-hydrogen) atoms.